The smallest absolute Gasteiger partial charge is 0.276 e. The van der Waals surface area contributed by atoms with E-state index in [4.69, 9.17) is 0 Å². The highest BCUT2D eigenvalue weighted by atomic mass is 32.2. The number of nitriles is 1. The molecule has 2 N–H and O–H groups in total. The number of nitrogens with zero attached hydrogens (tertiary/aromatic N) is 2. The lowest BCUT2D eigenvalue weighted by atomic mass is 9.90. The summed E-state index contributed by atoms with van der Waals surface area (Å²) in [6.45, 7) is 7.68. The Morgan fingerprint density at radius 1 is 1.48 bits per heavy atom. The Balaban J connectivity index is 1.89. The normalized spacial score (nSPS) is 19.3. The van der Waals surface area contributed by atoms with E-state index in [0.29, 0.717) is 30.4 Å². The van der Waals surface area contributed by atoms with Gasteiger partial charge in [-0.2, -0.15) is 9.57 Å². The van der Waals surface area contributed by atoms with Gasteiger partial charge in [0.2, 0.25) is 0 Å². The minimum absolute atomic E-state index is 0.00392. The summed E-state index contributed by atoms with van der Waals surface area (Å²) in [5.41, 5.74) is -0.888. The summed E-state index contributed by atoms with van der Waals surface area (Å²) in [5.74, 6) is -0.174. The molecular formula is C16H25N4O3S2+. The molecule has 2 heterocycles. The first kappa shape index (κ1) is 19.8. The van der Waals surface area contributed by atoms with Crippen molar-refractivity contribution in [3.8, 4) is 6.07 Å². The van der Waals surface area contributed by atoms with Crippen LogP contribution in [-0.4, -0.2) is 56.9 Å². The zero-order chi connectivity index (χ0) is 18.7. The summed E-state index contributed by atoms with van der Waals surface area (Å²) >= 11 is 1.22. The Bertz CT molecular complexity index is 732. The van der Waals surface area contributed by atoms with Gasteiger partial charge in [-0.1, -0.05) is 19.9 Å². The molecule has 1 aliphatic heterocycles. The summed E-state index contributed by atoms with van der Waals surface area (Å²) in [6.07, 6.45) is 0. The average Bonchev–Trinajstić information content (AvgIpc) is 3.10. The molecule has 9 heteroatoms. The fourth-order valence-electron chi connectivity index (χ4n) is 2.62. The Kier molecular flexibility index (Phi) is 6.21. The average molecular weight is 386 g/mol. The van der Waals surface area contributed by atoms with E-state index < -0.39 is 15.6 Å². The van der Waals surface area contributed by atoms with Gasteiger partial charge in [0.15, 0.2) is 6.54 Å². The molecule has 0 saturated carbocycles. The van der Waals surface area contributed by atoms with Crippen molar-refractivity contribution in [1.29, 1.82) is 5.26 Å². The number of sulfonamides is 1. The van der Waals surface area contributed by atoms with Crippen LogP contribution in [0.25, 0.3) is 0 Å². The number of nitrogens with one attached hydrogen (secondary N) is 2. The number of hydrogen-bond donors (Lipinski definition) is 2. The molecule has 0 aliphatic carbocycles. The molecule has 1 fully saturated rings. The second kappa shape index (κ2) is 7.83. The van der Waals surface area contributed by atoms with Crippen molar-refractivity contribution in [2.45, 2.75) is 30.5 Å². The fourth-order valence-corrected chi connectivity index (χ4v) is 5.21. The molecule has 138 valence electrons. The van der Waals surface area contributed by atoms with Gasteiger partial charge >= 0.3 is 0 Å². The molecule has 1 atom stereocenters. The van der Waals surface area contributed by atoms with Gasteiger partial charge in [0.05, 0.1) is 32.2 Å². The third-order valence-electron chi connectivity index (χ3n) is 4.72. The molecule has 1 saturated heterocycles. The number of rotatable bonds is 6. The second-order valence-corrected chi connectivity index (χ2v) is 9.89. The highest BCUT2D eigenvalue weighted by Crippen LogP contribution is 2.20. The first-order valence-electron chi connectivity index (χ1n) is 8.28. The minimum Gasteiger partial charge on any atom is -0.333 e. The van der Waals surface area contributed by atoms with Crippen molar-refractivity contribution in [3.63, 3.8) is 0 Å². The standard InChI is InChI=1S/C16H24N4O3S2/c1-13(2)16(3,12-17)18-14(21)11-19-6-8-20(9-7-19)25(22,23)15-5-4-10-24-15/h4-5,10,13H,6-9,11H2,1-3H3,(H,18,21)/p+1/t16-/m0/s1. The minimum atomic E-state index is -3.42. The van der Waals surface area contributed by atoms with Crippen LogP contribution in [0.15, 0.2) is 21.7 Å². The van der Waals surface area contributed by atoms with Crippen molar-refractivity contribution < 1.29 is 18.1 Å². The first-order chi connectivity index (χ1) is 11.7. The summed E-state index contributed by atoms with van der Waals surface area (Å²) in [5, 5.41) is 13.8. The number of quaternary nitrogens is 1. The van der Waals surface area contributed by atoms with Crippen molar-refractivity contribution in [2.24, 2.45) is 5.92 Å². The first-order valence-corrected chi connectivity index (χ1v) is 10.6. The van der Waals surface area contributed by atoms with E-state index in [1.165, 1.54) is 15.6 Å². The fraction of sp³-hybridized carbons (Fsp3) is 0.625. The lowest BCUT2D eigenvalue weighted by molar-refractivity contribution is -0.895. The van der Waals surface area contributed by atoms with Crippen LogP contribution in [0.5, 0.6) is 0 Å². The van der Waals surface area contributed by atoms with Gasteiger partial charge in [-0.15, -0.1) is 11.3 Å². The summed E-state index contributed by atoms with van der Waals surface area (Å²) in [6, 6.07) is 5.50. The van der Waals surface area contributed by atoms with Crippen molar-refractivity contribution in [3.05, 3.63) is 17.5 Å². The molecule has 1 aromatic heterocycles. The third-order valence-corrected chi connectivity index (χ3v) is 7.99. The van der Waals surface area contributed by atoms with Crippen LogP contribution in [-0.2, 0) is 14.8 Å². The molecule has 0 radical (unpaired) electrons. The van der Waals surface area contributed by atoms with Gasteiger partial charge in [-0.05, 0) is 24.3 Å². The van der Waals surface area contributed by atoms with Gasteiger partial charge in [0.1, 0.15) is 9.75 Å². The molecule has 1 aromatic rings. The lowest BCUT2D eigenvalue weighted by Crippen LogP contribution is -3.16. The van der Waals surface area contributed by atoms with Crippen LogP contribution >= 0.6 is 11.3 Å². The number of carbonyl (C=O) groups is 1. The Hall–Kier alpha value is -1.47. The van der Waals surface area contributed by atoms with Crippen LogP contribution < -0.4 is 10.2 Å². The zero-order valence-electron chi connectivity index (χ0n) is 14.8. The van der Waals surface area contributed by atoms with Crippen molar-refractivity contribution in [2.75, 3.05) is 32.7 Å². The maximum Gasteiger partial charge on any atom is 0.276 e. The molecule has 7 nitrogen and oxygen atoms in total. The van der Waals surface area contributed by atoms with E-state index in [0.717, 1.165) is 4.90 Å². The van der Waals surface area contributed by atoms with Gasteiger partial charge in [-0.25, -0.2) is 8.42 Å². The zero-order valence-corrected chi connectivity index (χ0v) is 16.4. The topological polar surface area (TPSA) is 94.7 Å². The van der Waals surface area contributed by atoms with Crippen molar-refractivity contribution in [1.82, 2.24) is 9.62 Å². The number of thiophene rings is 1. The second-order valence-electron chi connectivity index (χ2n) is 6.78. The van der Waals surface area contributed by atoms with Gasteiger partial charge in [0, 0.05) is 0 Å². The Morgan fingerprint density at radius 3 is 2.60 bits per heavy atom. The van der Waals surface area contributed by atoms with Crippen LogP contribution in [0.4, 0.5) is 0 Å². The predicted molar refractivity (Wildman–Crippen MR) is 95.6 cm³/mol. The van der Waals surface area contributed by atoms with Crippen molar-refractivity contribution >= 4 is 27.3 Å². The van der Waals surface area contributed by atoms with Gasteiger partial charge < -0.3 is 10.2 Å². The number of carbonyl (C=O) groups excluding carboxylic acids is 1. The van der Waals surface area contributed by atoms with Crippen LogP contribution in [0.3, 0.4) is 0 Å². The van der Waals surface area contributed by atoms with E-state index in [9.17, 15) is 18.5 Å². The monoisotopic (exact) mass is 385 g/mol. The van der Waals surface area contributed by atoms with E-state index in [1.54, 1.807) is 24.4 Å². The molecule has 0 unspecified atom stereocenters. The molecule has 1 aliphatic rings. The molecule has 0 aromatic carbocycles. The predicted octanol–water partition coefficient (Wildman–Crippen LogP) is -0.308. The van der Waals surface area contributed by atoms with Gasteiger partial charge in [-0.3, -0.25) is 4.79 Å². The van der Waals surface area contributed by atoms with E-state index >= 15 is 0 Å². The van der Waals surface area contributed by atoms with Crippen LogP contribution in [0.2, 0.25) is 0 Å². The molecular weight excluding hydrogens is 360 g/mol. The number of piperazine rings is 1. The maximum absolute atomic E-state index is 12.5. The molecule has 0 bridgehead atoms. The van der Waals surface area contributed by atoms with Crippen LogP contribution in [0.1, 0.15) is 20.8 Å². The molecule has 1 amide bonds. The lowest BCUT2D eigenvalue weighted by Gasteiger charge is -2.32. The third kappa shape index (κ3) is 4.58. The molecule has 0 spiro atoms. The largest absolute Gasteiger partial charge is 0.333 e. The summed E-state index contributed by atoms with van der Waals surface area (Å²) in [7, 11) is -3.42. The van der Waals surface area contributed by atoms with E-state index in [-0.39, 0.29) is 18.4 Å². The molecule has 2 rings (SSSR count). The number of hydrogen-bond acceptors (Lipinski definition) is 5. The highest BCUT2D eigenvalue weighted by Gasteiger charge is 2.34. The quantitative estimate of drug-likeness (QED) is 0.702. The maximum atomic E-state index is 12.5. The van der Waals surface area contributed by atoms with Gasteiger partial charge in [0.25, 0.3) is 15.9 Å². The Morgan fingerprint density at radius 2 is 2.12 bits per heavy atom. The molecule has 25 heavy (non-hydrogen) atoms. The van der Waals surface area contributed by atoms with Crippen LogP contribution in [0, 0.1) is 17.2 Å². The SMILES string of the molecule is CC(C)[C@](C)(C#N)NC(=O)C[NH+]1CCN(S(=O)(=O)c2cccs2)CC1. The highest BCUT2D eigenvalue weighted by molar-refractivity contribution is 7.91. The van der Waals surface area contributed by atoms with E-state index in [1.807, 2.05) is 13.8 Å². The summed E-state index contributed by atoms with van der Waals surface area (Å²) < 4.78 is 26.8. The van der Waals surface area contributed by atoms with E-state index in [2.05, 4.69) is 11.4 Å². The summed E-state index contributed by atoms with van der Waals surface area (Å²) in [4.78, 5) is 13.3. The number of amides is 1. The Labute approximate surface area is 153 Å².